The summed E-state index contributed by atoms with van der Waals surface area (Å²) in [4.78, 5) is 17.8. The lowest BCUT2D eigenvalue weighted by atomic mass is 9.87. The molecular formula is C15H22N2O2. The molecule has 4 nitrogen and oxygen atoms in total. The Bertz CT molecular complexity index is 485. The minimum atomic E-state index is -0.0962. The average molecular weight is 262 g/mol. The number of rotatable bonds is 3. The molecular weight excluding hydrogens is 240 g/mol. The Labute approximate surface area is 114 Å². The number of nitrogens with zero attached hydrogens (tertiary/aromatic N) is 2. The van der Waals surface area contributed by atoms with E-state index in [9.17, 15) is 4.79 Å². The molecule has 1 aliphatic carbocycles. The third-order valence-corrected chi connectivity index (χ3v) is 3.12. The van der Waals surface area contributed by atoms with Crippen molar-refractivity contribution in [3.63, 3.8) is 0 Å². The summed E-state index contributed by atoms with van der Waals surface area (Å²) in [6.45, 7) is 6.37. The van der Waals surface area contributed by atoms with Crippen LogP contribution in [0.25, 0.3) is 0 Å². The van der Waals surface area contributed by atoms with Gasteiger partial charge in [-0.25, -0.2) is 0 Å². The summed E-state index contributed by atoms with van der Waals surface area (Å²) in [5, 5.41) is 0. The summed E-state index contributed by atoms with van der Waals surface area (Å²) in [6.07, 6.45) is 4.28. The molecule has 1 fully saturated rings. The first-order valence-electron chi connectivity index (χ1n) is 6.68. The van der Waals surface area contributed by atoms with E-state index in [1.54, 1.807) is 26.4 Å². The summed E-state index contributed by atoms with van der Waals surface area (Å²) in [5.74, 6) is 0.705. The Balaban J connectivity index is 2.37. The molecule has 1 saturated carbocycles. The van der Waals surface area contributed by atoms with E-state index in [1.165, 1.54) is 4.90 Å². The SMILES string of the molecule is CN(C)C(=O)c1cc(OC2CC2)c(C(C)(C)C)cn1. The Morgan fingerprint density at radius 1 is 1.37 bits per heavy atom. The molecule has 0 atom stereocenters. The second-order valence-electron chi connectivity index (χ2n) is 6.33. The first kappa shape index (κ1) is 13.8. The zero-order valence-corrected chi connectivity index (χ0v) is 12.4. The highest BCUT2D eigenvalue weighted by atomic mass is 16.5. The standard InChI is InChI=1S/C15H22N2O2/c1-15(2,3)11-9-16-12(14(18)17(4)5)8-13(11)19-10-6-7-10/h8-10H,6-7H2,1-5H3. The van der Waals surface area contributed by atoms with Gasteiger partial charge in [-0.1, -0.05) is 20.8 Å². The molecule has 0 N–H and O–H groups in total. The summed E-state index contributed by atoms with van der Waals surface area (Å²) >= 11 is 0. The Kier molecular flexibility index (Phi) is 3.52. The molecule has 1 heterocycles. The van der Waals surface area contributed by atoms with Crippen LogP contribution in [0.1, 0.15) is 49.7 Å². The molecule has 0 spiro atoms. The molecule has 1 aromatic heterocycles. The molecule has 1 aliphatic rings. The molecule has 0 aliphatic heterocycles. The predicted octanol–water partition coefficient (Wildman–Crippen LogP) is 2.62. The lowest BCUT2D eigenvalue weighted by Crippen LogP contribution is -2.24. The second-order valence-corrected chi connectivity index (χ2v) is 6.33. The number of ether oxygens (including phenoxy) is 1. The van der Waals surface area contributed by atoms with Crippen molar-refractivity contribution in [2.75, 3.05) is 14.1 Å². The predicted molar refractivity (Wildman–Crippen MR) is 74.6 cm³/mol. The van der Waals surface area contributed by atoms with Gasteiger partial charge in [0.1, 0.15) is 11.4 Å². The Morgan fingerprint density at radius 2 is 2.00 bits per heavy atom. The highest BCUT2D eigenvalue weighted by Gasteiger charge is 2.28. The van der Waals surface area contributed by atoms with Crippen molar-refractivity contribution in [3.05, 3.63) is 23.5 Å². The van der Waals surface area contributed by atoms with E-state index >= 15 is 0 Å². The maximum absolute atomic E-state index is 12.0. The van der Waals surface area contributed by atoms with Crippen molar-refractivity contribution in [1.82, 2.24) is 9.88 Å². The highest BCUT2D eigenvalue weighted by Crippen LogP contribution is 2.35. The van der Waals surface area contributed by atoms with Gasteiger partial charge in [0.05, 0.1) is 6.10 Å². The third-order valence-electron chi connectivity index (χ3n) is 3.12. The van der Waals surface area contributed by atoms with Crippen LogP contribution in [0, 0.1) is 0 Å². The van der Waals surface area contributed by atoms with Crippen LogP contribution in [0.3, 0.4) is 0 Å². The van der Waals surface area contributed by atoms with Crippen LogP contribution in [-0.4, -0.2) is 36.0 Å². The minimum Gasteiger partial charge on any atom is -0.490 e. The number of hydrogen-bond donors (Lipinski definition) is 0. The quantitative estimate of drug-likeness (QED) is 0.841. The summed E-state index contributed by atoms with van der Waals surface area (Å²) in [5.41, 5.74) is 1.44. The fourth-order valence-corrected chi connectivity index (χ4v) is 1.81. The van der Waals surface area contributed by atoms with Crippen molar-refractivity contribution in [3.8, 4) is 5.75 Å². The van der Waals surface area contributed by atoms with Crippen molar-refractivity contribution in [2.45, 2.75) is 45.1 Å². The van der Waals surface area contributed by atoms with Crippen LogP contribution in [0.4, 0.5) is 0 Å². The zero-order chi connectivity index (χ0) is 14.2. The van der Waals surface area contributed by atoms with Crippen LogP contribution in [0.2, 0.25) is 0 Å². The van der Waals surface area contributed by atoms with Gasteiger partial charge in [0.15, 0.2) is 0 Å². The minimum absolute atomic E-state index is 0.0447. The van der Waals surface area contributed by atoms with Gasteiger partial charge in [-0.05, 0) is 18.3 Å². The summed E-state index contributed by atoms with van der Waals surface area (Å²) in [6, 6.07) is 1.78. The molecule has 1 aromatic rings. The van der Waals surface area contributed by atoms with Crippen molar-refractivity contribution in [2.24, 2.45) is 0 Å². The number of carbonyl (C=O) groups excluding carboxylic acids is 1. The molecule has 0 unspecified atom stereocenters. The largest absolute Gasteiger partial charge is 0.490 e. The molecule has 19 heavy (non-hydrogen) atoms. The maximum atomic E-state index is 12.0. The van der Waals surface area contributed by atoms with Gasteiger partial charge in [-0.2, -0.15) is 0 Å². The average Bonchev–Trinajstić information content (AvgIpc) is 3.10. The van der Waals surface area contributed by atoms with Gasteiger partial charge < -0.3 is 9.64 Å². The van der Waals surface area contributed by atoms with Crippen LogP contribution in [0.5, 0.6) is 5.75 Å². The smallest absolute Gasteiger partial charge is 0.272 e. The second kappa shape index (κ2) is 4.83. The van der Waals surface area contributed by atoms with Gasteiger partial charge in [-0.15, -0.1) is 0 Å². The number of pyridine rings is 1. The van der Waals surface area contributed by atoms with Crippen LogP contribution in [0.15, 0.2) is 12.3 Å². The third kappa shape index (κ3) is 3.25. The first-order valence-corrected chi connectivity index (χ1v) is 6.68. The zero-order valence-electron chi connectivity index (χ0n) is 12.4. The number of hydrogen-bond acceptors (Lipinski definition) is 3. The van der Waals surface area contributed by atoms with E-state index in [1.807, 2.05) is 0 Å². The first-order chi connectivity index (χ1) is 8.79. The van der Waals surface area contributed by atoms with Gasteiger partial charge in [0, 0.05) is 31.9 Å². The van der Waals surface area contributed by atoms with E-state index < -0.39 is 0 Å². The Morgan fingerprint density at radius 3 is 2.47 bits per heavy atom. The molecule has 104 valence electrons. The molecule has 0 aromatic carbocycles. The molecule has 4 heteroatoms. The normalized spacial score (nSPS) is 15.2. The molecule has 0 radical (unpaired) electrons. The van der Waals surface area contributed by atoms with E-state index in [4.69, 9.17) is 4.74 Å². The lowest BCUT2D eigenvalue weighted by Gasteiger charge is -2.23. The molecule has 1 amide bonds. The Hall–Kier alpha value is -1.58. The van der Waals surface area contributed by atoms with E-state index in [2.05, 4.69) is 25.8 Å². The van der Waals surface area contributed by atoms with Crippen molar-refractivity contribution < 1.29 is 9.53 Å². The molecule has 0 bridgehead atoms. The van der Waals surface area contributed by atoms with Gasteiger partial charge >= 0.3 is 0 Å². The van der Waals surface area contributed by atoms with Gasteiger partial charge in [0.2, 0.25) is 0 Å². The summed E-state index contributed by atoms with van der Waals surface area (Å²) in [7, 11) is 3.45. The summed E-state index contributed by atoms with van der Waals surface area (Å²) < 4.78 is 5.94. The number of amides is 1. The van der Waals surface area contributed by atoms with E-state index in [0.29, 0.717) is 11.8 Å². The van der Waals surface area contributed by atoms with Crippen molar-refractivity contribution in [1.29, 1.82) is 0 Å². The van der Waals surface area contributed by atoms with Crippen molar-refractivity contribution >= 4 is 5.91 Å². The monoisotopic (exact) mass is 262 g/mol. The molecule has 2 rings (SSSR count). The van der Waals surface area contributed by atoms with Gasteiger partial charge in [0.25, 0.3) is 5.91 Å². The van der Waals surface area contributed by atoms with E-state index in [-0.39, 0.29) is 11.3 Å². The van der Waals surface area contributed by atoms with Crippen LogP contribution < -0.4 is 4.74 Å². The van der Waals surface area contributed by atoms with Crippen LogP contribution >= 0.6 is 0 Å². The number of carbonyl (C=O) groups is 1. The van der Waals surface area contributed by atoms with Crippen LogP contribution in [-0.2, 0) is 5.41 Å². The van der Waals surface area contributed by atoms with Gasteiger partial charge in [-0.3, -0.25) is 9.78 Å². The van der Waals surface area contributed by atoms with E-state index in [0.717, 1.165) is 24.2 Å². The fraction of sp³-hybridized carbons (Fsp3) is 0.600. The highest BCUT2D eigenvalue weighted by molar-refractivity contribution is 5.92. The fourth-order valence-electron chi connectivity index (χ4n) is 1.81. The topological polar surface area (TPSA) is 42.4 Å². The number of aromatic nitrogens is 1. The maximum Gasteiger partial charge on any atom is 0.272 e. The molecule has 0 saturated heterocycles. The lowest BCUT2D eigenvalue weighted by molar-refractivity contribution is 0.0821.